The fraction of sp³-hybridized carbons (Fsp3) is 0.286. The van der Waals surface area contributed by atoms with Crippen LogP contribution in [-0.4, -0.2) is 66.4 Å². The molecule has 4 amide bonds. The van der Waals surface area contributed by atoms with Gasteiger partial charge in [0.15, 0.2) is 0 Å². The summed E-state index contributed by atoms with van der Waals surface area (Å²) in [5, 5.41) is 9.64. The topological polar surface area (TPSA) is 136 Å². The second-order valence-corrected chi connectivity index (χ2v) is 10.1. The van der Waals surface area contributed by atoms with E-state index in [1.807, 2.05) is 0 Å². The molecule has 1 aliphatic heterocycles. The van der Waals surface area contributed by atoms with Crippen molar-refractivity contribution in [1.82, 2.24) is 20.0 Å². The Morgan fingerprint density at radius 3 is 2.03 bits per heavy atom. The van der Waals surface area contributed by atoms with E-state index < -0.39 is 46.0 Å². The largest absolute Gasteiger partial charge is 0.327 e. The van der Waals surface area contributed by atoms with Gasteiger partial charge in [-0.05, 0) is 49.2 Å². The lowest BCUT2D eigenvalue weighted by molar-refractivity contribution is -0.134. The molecular weight excluding hydrogens is 472 g/mol. The maximum Gasteiger partial charge on any atom is 0.327 e. The lowest BCUT2D eigenvalue weighted by Gasteiger charge is -2.22. The molecule has 3 rings (SSSR count). The van der Waals surface area contributed by atoms with Gasteiger partial charge in [-0.15, -0.1) is 0 Å². The van der Waals surface area contributed by atoms with Gasteiger partial charge in [-0.1, -0.05) is 35.9 Å². The smallest absolute Gasteiger partial charge is 0.313 e. The number of nitrogens with one attached hydrogen (secondary N) is 2. The Morgan fingerprint density at radius 1 is 1.06 bits per heavy atom. The normalized spacial score (nSPS) is 16.8. The number of hydrogen-bond acceptors (Lipinski definition) is 6. The Bertz CT molecular complexity index is 1180. The summed E-state index contributed by atoms with van der Waals surface area (Å²) in [6.45, 7) is 2.46. The van der Waals surface area contributed by atoms with E-state index in [9.17, 15) is 22.8 Å². The van der Waals surface area contributed by atoms with Gasteiger partial charge in [0.2, 0.25) is 10.0 Å². The maximum atomic E-state index is 12.9. The molecular formula is C21H23ClN4O6S. The van der Waals surface area contributed by atoms with Crippen LogP contribution in [0.2, 0.25) is 5.02 Å². The second kappa shape index (κ2) is 9.10. The van der Waals surface area contributed by atoms with Gasteiger partial charge in [0.05, 0.1) is 11.4 Å². The molecule has 1 saturated heterocycles. The lowest BCUT2D eigenvalue weighted by Crippen LogP contribution is -2.53. The fourth-order valence-electron chi connectivity index (χ4n) is 3.30. The average Bonchev–Trinajstić information content (AvgIpc) is 2.93. The third kappa shape index (κ3) is 4.86. The average molecular weight is 495 g/mol. The SMILES string of the molecule is CN1C(=O)N(C[C@@H](NS(=O)(=O)c2ccc(-c3ccc(Cl)cc3)cc2)C(=O)NO)C(=O)C1(C)C. The number of carbonyl (C=O) groups is 3. The molecule has 12 heteroatoms. The number of halogens is 1. The number of benzene rings is 2. The van der Waals surface area contributed by atoms with Gasteiger partial charge in [0.25, 0.3) is 11.8 Å². The highest BCUT2D eigenvalue weighted by atomic mass is 35.5. The molecule has 10 nitrogen and oxygen atoms in total. The molecule has 0 unspecified atom stereocenters. The highest BCUT2D eigenvalue weighted by Gasteiger charge is 2.50. The zero-order valence-corrected chi connectivity index (χ0v) is 19.6. The predicted molar refractivity (Wildman–Crippen MR) is 120 cm³/mol. The molecule has 0 aromatic heterocycles. The first-order chi connectivity index (χ1) is 15.4. The molecule has 1 heterocycles. The van der Waals surface area contributed by atoms with Crippen LogP contribution >= 0.6 is 11.6 Å². The van der Waals surface area contributed by atoms with E-state index in [1.54, 1.807) is 36.4 Å². The van der Waals surface area contributed by atoms with Crippen molar-refractivity contribution < 1.29 is 28.0 Å². The number of rotatable bonds is 7. The number of urea groups is 1. The fourth-order valence-corrected chi connectivity index (χ4v) is 4.61. The third-order valence-corrected chi connectivity index (χ3v) is 7.30. The van der Waals surface area contributed by atoms with E-state index in [-0.39, 0.29) is 4.90 Å². The van der Waals surface area contributed by atoms with Gasteiger partial charge < -0.3 is 4.90 Å². The Labute approximate surface area is 196 Å². The second-order valence-electron chi connectivity index (χ2n) is 8.00. The number of likely N-dealkylation sites (N-methyl/N-ethyl adjacent to an activating group) is 1. The molecule has 0 aliphatic carbocycles. The number of imide groups is 1. The van der Waals surface area contributed by atoms with Crippen molar-refractivity contribution in [2.24, 2.45) is 0 Å². The molecule has 0 saturated carbocycles. The van der Waals surface area contributed by atoms with E-state index in [1.165, 1.54) is 43.4 Å². The van der Waals surface area contributed by atoms with Crippen LogP contribution in [-0.2, 0) is 19.6 Å². The van der Waals surface area contributed by atoms with Gasteiger partial charge in [0.1, 0.15) is 11.6 Å². The lowest BCUT2D eigenvalue weighted by atomic mass is 10.1. The number of sulfonamides is 1. The minimum Gasteiger partial charge on any atom is -0.313 e. The first-order valence-corrected chi connectivity index (χ1v) is 11.7. The standard InChI is InChI=1S/C21H23ClN4O6S/c1-21(2)19(28)26(20(29)25(21)3)12-17(18(27)23-30)24-33(31,32)16-10-6-14(7-11-16)13-4-8-15(22)9-5-13/h4-11,17,24,30H,12H2,1-3H3,(H,23,27)/t17-/m1/s1. The Balaban J connectivity index is 1.83. The quantitative estimate of drug-likeness (QED) is 0.305. The van der Waals surface area contributed by atoms with Crippen LogP contribution in [0.4, 0.5) is 4.79 Å². The molecule has 0 bridgehead atoms. The van der Waals surface area contributed by atoms with Crippen LogP contribution in [0.3, 0.4) is 0 Å². The van der Waals surface area contributed by atoms with Crippen molar-refractivity contribution in [1.29, 1.82) is 0 Å². The first kappa shape index (κ1) is 24.6. The van der Waals surface area contributed by atoms with Crippen molar-refractivity contribution >= 4 is 39.5 Å². The summed E-state index contributed by atoms with van der Waals surface area (Å²) in [4.78, 5) is 39.0. The summed E-state index contributed by atoms with van der Waals surface area (Å²) < 4.78 is 27.9. The van der Waals surface area contributed by atoms with Crippen LogP contribution in [0.25, 0.3) is 11.1 Å². The summed E-state index contributed by atoms with van der Waals surface area (Å²) in [7, 11) is -2.82. The first-order valence-electron chi connectivity index (χ1n) is 9.80. The number of hydroxylamine groups is 1. The Morgan fingerprint density at radius 2 is 1.58 bits per heavy atom. The molecule has 2 aromatic carbocycles. The van der Waals surface area contributed by atoms with Gasteiger partial charge >= 0.3 is 6.03 Å². The van der Waals surface area contributed by atoms with Crippen LogP contribution < -0.4 is 10.2 Å². The zero-order valence-electron chi connectivity index (χ0n) is 18.1. The van der Waals surface area contributed by atoms with Gasteiger partial charge in [-0.25, -0.2) is 18.7 Å². The summed E-state index contributed by atoms with van der Waals surface area (Å²) in [5.41, 5.74) is 1.78. The van der Waals surface area contributed by atoms with E-state index in [4.69, 9.17) is 16.8 Å². The molecule has 0 spiro atoms. The van der Waals surface area contributed by atoms with Gasteiger partial charge in [-0.3, -0.25) is 19.7 Å². The summed E-state index contributed by atoms with van der Waals surface area (Å²) in [6.07, 6.45) is 0. The summed E-state index contributed by atoms with van der Waals surface area (Å²) in [6, 6.07) is 10.6. The van der Waals surface area contributed by atoms with Crippen LogP contribution in [0, 0.1) is 0 Å². The van der Waals surface area contributed by atoms with Crippen LogP contribution in [0.5, 0.6) is 0 Å². The molecule has 1 aliphatic rings. The molecule has 1 atom stereocenters. The Kier molecular flexibility index (Phi) is 6.80. The number of nitrogens with zero attached hydrogens (tertiary/aromatic N) is 2. The Hall–Kier alpha value is -2.99. The summed E-state index contributed by atoms with van der Waals surface area (Å²) in [5.74, 6) is -1.72. The van der Waals surface area contributed by atoms with E-state index in [0.717, 1.165) is 16.0 Å². The zero-order chi connectivity index (χ0) is 24.6. The van der Waals surface area contributed by atoms with Gasteiger partial charge in [0, 0.05) is 12.1 Å². The van der Waals surface area contributed by atoms with E-state index in [0.29, 0.717) is 5.02 Å². The maximum absolute atomic E-state index is 12.9. The number of hydrogen-bond donors (Lipinski definition) is 3. The van der Waals surface area contributed by atoms with Crippen molar-refractivity contribution in [2.75, 3.05) is 13.6 Å². The number of carbonyl (C=O) groups excluding carboxylic acids is 3. The van der Waals surface area contributed by atoms with Crippen molar-refractivity contribution in [3.63, 3.8) is 0 Å². The van der Waals surface area contributed by atoms with Crippen molar-refractivity contribution in [3.05, 3.63) is 53.6 Å². The molecule has 176 valence electrons. The molecule has 1 fully saturated rings. The summed E-state index contributed by atoms with van der Waals surface area (Å²) >= 11 is 5.89. The van der Waals surface area contributed by atoms with E-state index in [2.05, 4.69) is 4.72 Å². The highest BCUT2D eigenvalue weighted by molar-refractivity contribution is 7.89. The van der Waals surface area contributed by atoms with Crippen LogP contribution in [0.1, 0.15) is 13.8 Å². The predicted octanol–water partition coefficient (Wildman–Crippen LogP) is 1.83. The highest BCUT2D eigenvalue weighted by Crippen LogP contribution is 2.26. The minimum absolute atomic E-state index is 0.146. The third-order valence-electron chi connectivity index (χ3n) is 5.56. The minimum atomic E-state index is -4.25. The van der Waals surface area contributed by atoms with Crippen molar-refractivity contribution in [3.8, 4) is 11.1 Å². The van der Waals surface area contributed by atoms with Gasteiger partial charge in [-0.2, -0.15) is 4.72 Å². The molecule has 33 heavy (non-hydrogen) atoms. The number of amides is 4. The van der Waals surface area contributed by atoms with Crippen molar-refractivity contribution in [2.45, 2.75) is 30.3 Å². The van der Waals surface area contributed by atoms with Crippen LogP contribution in [0.15, 0.2) is 53.4 Å². The monoisotopic (exact) mass is 494 g/mol. The molecule has 0 radical (unpaired) electrons. The van der Waals surface area contributed by atoms with E-state index >= 15 is 0 Å². The molecule has 3 N–H and O–H groups in total. The molecule has 2 aromatic rings.